The molecule has 0 spiro atoms. The second-order valence-electron chi connectivity index (χ2n) is 6.59. The minimum absolute atomic E-state index is 0.0460. The first-order chi connectivity index (χ1) is 12.8. The maximum absolute atomic E-state index is 12.6. The van der Waals surface area contributed by atoms with Gasteiger partial charge in [-0.1, -0.05) is 19.9 Å². The van der Waals surface area contributed by atoms with Gasteiger partial charge >= 0.3 is 0 Å². The summed E-state index contributed by atoms with van der Waals surface area (Å²) in [6.07, 6.45) is 2.92. The fraction of sp³-hybridized carbons (Fsp3) is 0.200. The maximum atomic E-state index is 12.6. The van der Waals surface area contributed by atoms with E-state index >= 15 is 0 Å². The Balaban J connectivity index is 1.79. The van der Waals surface area contributed by atoms with Gasteiger partial charge in [-0.25, -0.2) is 4.98 Å². The average Bonchev–Trinajstić information content (AvgIpc) is 2.64. The number of carbonyl (C=O) groups is 2. The lowest BCUT2D eigenvalue weighted by Crippen LogP contribution is -2.26. The summed E-state index contributed by atoms with van der Waals surface area (Å²) in [6, 6.07) is 10.3. The molecular weight excluding hydrogens is 344 g/mol. The van der Waals surface area contributed by atoms with E-state index in [4.69, 9.17) is 0 Å². The lowest BCUT2D eigenvalue weighted by atomic mass is 10.2. The number of aryl methyl sites for hydroxylation is 1. The van der Waals surface area contributed by atoms with E-state index in [1.54, 1.807) is 36.5 Å². The fourth-order valence-electron chi connectivity index (χ4n) is 2.46. The van der Waals surface area contributed by atoms with Gasteiger partial charge < -0.3 is 10.6 Å². The monoisotopic (exact) mass is 364 g/mol. The largest absolute Gasteiger partial charge is 0.326 e. The van der Waals surface area contributed by atoms with E-state index in [1.807, 2.05) is 26.8 Å². The fourth-order valence-corrected chi connectivity index (χ4v) is 2.46. The molecule has 0 fully saturated rings. The lowest BCUT2D eigenvalue weighted by molar-refractivity contribution is -0.118. The third-order valence-corrected chi connectivity index (χ3v) is 4.03. The van der Waals surface area contributed by atoms with Crippen LogP contribution >= 0.6 is 0 Å². The topological polar surface area (TPSA) is 92.6 Å². The number of pyridine rings is 1. The van der Waals surface area contributed by atoms with Crippen LogP contribution in [0.3, 0.4) is 0 Å². The third kappa shape index (κ3) is 4.03. The number of benzene rings is 1. The summed E-state index contributed by atoms with van der Waals surface area (Å²) in [5.74, 6) is -0.749. The first-order valence-corrected chi connectivity index (χ1v) is 8.55. The zero-order valence-corrected chi connectivity index (χ0v) is 15.3. The molecule has 0 unspecified atom stereocenters. The molecule has 1 aromatic carbocycles. The number of fused-ring (bicyclic) bond motifs is 1. The molecule has 7 heteroatoms. The van der Waals surface area contributed by atoms with Crippen molar-refractivity contribution in [3.05, 3.63) is 70.3 Å². The second kappa shape index (κ2) is 7.41. The van der Waals surface area contributed by atoms with Crippen LogP contribution in [0.1, 0.15) is 29.8 Å². The summed E-state index contributed by atoms with van der Waals surface area (Å²) in [6.45, 7) is 5.47. The molecular formula is C20H20N4O3. The molecule has 0 aliphatic heterocycles. The lowest BCUT2D eigenvalue weighted by Gasteiger charge is -2.09. The van der Waals surface area contributed by atoms with Crippen LogP contribution in [0.4, 0.5) is 11.4 Å². The molecule has 2 N–H and O–H groups in total. The van der Waals surface area contributed by atoms with Crippen molar-refractivity contribution in [2.75, 3.05) is 10.6 Å². The van der Waals surface area contributed by atoms with Crippen LogP contribution in [0.2, 0.25) is 0 Å². The highest BCUT2D eigenvalue weighted by Crippen LogP contribution is 2.15. The van der Waals surface area contributed by atoms with Crippen molar-refractivity contribution in [3.8, 4) is 0 Å². The summed E-state index contributed by atoms with van der Waals surface area (Å²) in [7, 11) is 0. The molecule has 2 amide bonds. The smallest absolute Gasteiger partial charge is 0.270 e. The highest BCUT2D eigenvalue weighted by atomic mass is 16.2. The van der Waals surface area contributed by atoms with E-state index in [0.717, 1.165) is 5.56 Å². The highest BCUT2D eigenvalue weighted by molar-refractivity contribution is 6.04. The van der Waals surface area contributed by atoms with Crippen molar-refractivity contribution in [1.82, 2.24) is 9.38 Å². The Morgan fingerprint density at radius 3 is 2.26 bits per heavy atom. The Kier molecular flexibility index (Phi) is 5.03. The van der Waals surface area contributed by atoms with Crippen LogP contribution in [0, 0.1) is 12.8 Å². The molecule has 2 aromatic heterocycles. The van der Waals surface area contributed by atoms with E-state index in [2.05, 4.69) is 15.6 Å². The summed E-state index contributed by atoms with van der Waals surface area (Å²) in [4.78, 5) is 40.9. The highest BCUT2D eigenvalue weighted by Gasteiger charge is 2.14. The summed E-state index contributed by atoms with van der Waals surface area (Å²) < 4.78 is 1.36. The number of anilines is 2. The van der Waals surface area contributed by atoms with Gasteiger partial charge in [-0.2, -0.15) is 0 Å². The first kappa shape index (κ1) is 18.3. The minimum Gasteiger partial charge on any atom is -0.326 e. The van der Waals surface area contributed by atoms with Gasteiger partial charge in [-0.15, -0.1) is 0 Å². The van der Waals surface area contributed by atoms with E-state index in [-0.39, 0.29) is 17.4 Å². The number of rotatable bonds is 4. The SMILES string of the molecule is Cc1ccc2ncc(C(=O)Nc3ccc(NC(=O)C(C)C)cc3)c(=O)n2c1. The second-order valence-corrected chi connectivity index (χ2v) is 6.59. The van der Waals surface area contributed by atoms with Crippen molar-refractivity contribution < 1.29 is 9.59 Å². The van der Waals surface area contributed by atoms with Gasteiger partial charge in [0.25, 0.3) is 11.5 Å². The van der Waals surface area contributed by atoms with Crippen LogP contribution in [-0.4, -0.2) is 21.2 Å². The molecule has 3 rings (SSSR count). The number of hydrogen-bond acceptors (Lipinski definition) is 4. The van der Waals surface area contributed by atoms with Crippen LogP contribution in [0.15, 0.2) is 53.6 Å². The Bertz CT molecular complexity index is 1070. The van der Waals surface area contributed by atoms with E-state index < -0.39 is 11.5 Å². The van der Waals surface area contributed by atoms with Crippen molar-refractivity contribution in [2.45, 2.75) is 20.8 Å². The van der Waals surface area contributed by atoms with Gasteiger partial charge in [0.1, 0.15) is 11.2 Å². The van der Waals surface area contributed by atoms with Crippen molar-refractivity contribution in [2.24, 2.45) is 5.92 Å². The Labute approximate surface area is 156 Å². The Morgan fingerprint density at radius 2 is 1.63 bits per heavy atom. The summed E-state index contributed by atoms with van der Waals surface area (Å²) in [5.41, 5.74) is 2.04. The molecule has 7 nitrogen and oxygen atoms in total. The molecule has 0 atom stereocenters. The van der Waals surface area contributed by atoms with Gasteiger partial charge in [0.2, 0.25) is 5.91 Å². The number of amides is 2. The molecule has 0 saturated heterocycles. The molecule has 2 heterocycles. The van der Waals surface area contributed by atoms with E-state index in [1.165, 1.54) is 10.6 Å². The van der Waals surface area contributed by atoms with Crippen LogP contribution in [0.5, 0.6) is 0 Å². The molecule has 0 aliphatic carbocycles. The van der Waals surface area contributed by atoms with Crippen LogP contribution in [-0.2, 0) is 4.79 Å². The molecule has 0 bridgehead atoms. The number of carbonyl (C=O) groups excluding carboxylic acids is 2. The first-order valence-electron chi connectivity index (χ1n) is 8.55. The quantitative estimate of drug-likeness (QED) is 0.744. The van der Waals surface area contributed by atoms with Crippen molar-refractivity contribution >= 4 is 28.8 Å². The Morgan fingerprint density at radius 1 is 1.00 bits per heavy atom. The predicted octanol–water partition coefficient (Wildman–Crippen LogP) is 2.85. The van der Waals surface area contributed by atoms with Gasteiger partial charge in [0.15, 0.2) is 0 Å². The third-order valence-electron chi connectivity index (χ3n) is 4.03. The minimum atomic E-state index is -0.539. The van der Waals surface area contributed by atoms with Gasteiger partial charge in [0.05, 0.1) is 0 Å². The van der Waals surface area contributed by atoms with Crippen LogP contribution in [0.25, 0.3) is 5.65 Å². The maximum Gasteiger partial charge on any atom is 0.270 e. The molecule has 0 radical (unpaired) electrons. The standard InChI is InChI=1S/C20H20N4O3/c1-12(2)18(25)22-14-5-7-15(8-6-14)23-19(26)16-10-21-17-9-4-13(3)11-24(17)20(16)27/h4-12H,1-3H3,(H,22,25)(H,23,26). The predicted molar refractivity (Wildman–Crippen MR) is 104 cm³/mol. The number of aromatic nitrogens is 2. The van der Waals surface area contributed by atoms with Crippen LogP contribution < -0.4 is 16.2 Å². The normalized spacial score (nSPS) is 10.8. The molecule has 138 valence electrons. The van der Waals surface area contributed by atoms with E-state index in [0.29, 0.717) is 17.0 Å². The molecule has 27 heavy (non-hydrogen) atoms. The van der Waals surface area contributed by atoms with E-state index in [9.17, 15) is 14.4 Å². The average molecular weight is 364 g/mol. The molecule has 3 aromatic rings. The summed E-state index contributed by atoms with van der Waals surface area (Å²) in [5, 5.41) is 5.45. The zero-order chi connectivity index (χ0) is 19.6. The van der Waals surface area contributed by atoms with Crippen molar-refractivity contribution in [3.63, 3.8) is 0 Å². The Hall–Kier alpha value is -3.48. The van der Waals surface area contributed by atoms with Gasteiger partial charge in [-0.05, 0) is 42.8 Å². The molecule has 0 saturated carbocycles. The number of hydrogen-bond donors (Lipinski definition) is 2. The van der Waals surface area contributed by atoms with Gasteiger partial charge in [-0.3, -0.25) is 18.8 Å². The number of nitrogens with one attached hydrogen (secondary N) is 2. The number of nitrogens with zero attached hydrogens (tertiary/aromatic N) is 2. The molecule has 0 aliphatic rings. The zero-order valence-electron chi connectivity index (χ0n) is 15.3. The van der Waals surface area contributed by atoms with Gasteiger partial charge in [0, 0.05) is 29.7 Å². The van der Waals surface area contributed by atoms with Crippen molar-refractivity contribution in [1.29, 1.82) is 0 Å². The summed E-state index contributed by atoms with van der Waals surface area (Å²) >= 11 is 0.